The summed E-state index contributed by atoms with van der Waals surface area (Å²) in [5.74, 6) is 0. The molecule has 0 atom stereocenters. The van der Waals surface area contributed by atoms with Crippen molar-refractivity contribution in [2.75, 3.05) is 26.2 Å². The van der Waals surface area contributed by atoms with E-state index in [1.54, 1.807) is 0 Å². The molecule has 0 fully saturated rings. The van der Waals surface area contributed by atoms with Gasteiger partial charge in [0.2, 0.25) is 0 Å². The van der Waals surface area contributed by atoms with Gasteiger partial charge in [-0.25, -0.2) is 0 Å². The lowest BCUT2D eigenvalue weighted by molar-refractivity contribution is 0.283. The molecule has 0 aliphatic carbocycles. The second-order valence-corrected chi connectivity index (χ2v) is 3.40. The van der Waals surface area contributed by atoms with Crippen molar-refractivity contribution < 1.29 is 5.11 Å². The van der Waals surface area contributed by atoms with Crippen molar-refractivity contribution in [1.29, 1.82) is 0 Å². The van der Waals surface area contributed by atoms with Crippen LogP contribution in [0.1, 0.15) is 53.4 Å². The van der Waals surface area contributed by atoms with E-state index in [2.05, 4.69) is 32.6 Å². The first-order chi connectivity index (χ1) is 6.76. The molecule has 0 aliphatic rings. The number of hydrogen-bond acceptors (Lipinski definition) is 2. The van der Waals surface area contributed by atoms with Crippen LogP contribution in [-0.2, 0) is 0 Å². The van der Waals surface area contributed by atoms with Gasteiger partial charge in [-0.1, -0.05) is 47.0 Å². The summed E-state index contributed by atoms with van der Waals surface area (Å²) in [6, 6.07) is 0. The van der Waals surface area contributed by atoms with Gasteiger partial charge in [-0.3, -0.25) is 0 Å². The minimum absolute atomic E-state index is 0. The van der Waals surface area contributed by atoms with Gasteiger partial charge in [0, 0.05) is 6.61 Å². The molecule has 0 rings (SSSR count). The van der Waals surface area contributed by atoms with E-state index >= 15 is 0 Å². The molecule has 96 valence electrons. The maximum Gasteiger partial charge on any atom is 0.0431 e. The SMILES string of the molecule is CCCCCCO.CCN(CC)CC.Cl. The second kappa shape index (κ2) is 19.7. The first-order valence-electron chi connectivity index (χ1n) is 6.09. The van der Waals surface area contributed by atoms with E-state index in [9.17, 15) is 0 Å². The number of aliphatic hydroxyl groups is 1. The molecular weight excluding hydrogens is 210 g/mol. The summed E-state index contributed by atoms with van der Waals surface area (Å²) in [4.78, 5) is 2.38. The van der Waals surface area contributed by atoms with Gasteiger partial charge in [0.15, 0.2) is 0 Å². The number of unbranched alkanes of at least 4 members (excludes halogenated alkanes) is 3. The van der Waals surface area contributed by atoms with E-state index in [0.29, 0.717) is 6.61 Å². The number of aliphatic hydroxyl groups excluding tert-OH is 1. The van der Waals surface area contributed by atoms with Crippen LogP contribution in [-0.4, -0.2) is 36.2 Å². The van der Waals surface area contributed by atoms with E-state index in [-0.39, 0.29) is 12.4 Å². The van der Waals surface area contributed by atoms with Crippen LogP contribution in [0.2, 0.25) is 0 Å². The van der Waals surface area contributed by atoms with Gasteiger partial charge in [-0.2, -0.15) is 0 Å². The molecule has 2 nitrogen and oxygen atoms in total. The average molecular weight is 240 g/mol. The highest BCUT2D eigenvalue weighted by molar-refractivity contribution is 5.85. The zero-order chi connectivity index (χ0) is 11.2. The van der Waals surface area contributed by atoms with E-state index < -0.39 is 0 Å². The fourth-order valence-corrected chi connectivity index (χ4v) is 1.21. The molecule has 0 aromatic heterocycles. The van der Waals surface area contributed by atoms with E-state index in [0.717, 1.165) is 6.42 Å². The van der Waals surface area contributed by atoms with Gasteiger partial charge < -0.3 is 10.0 Å². The molecule has 0 saturated heterocycles. The predicted octanol–water partition coefficient (Wildman–Crippen LogP) is 3.33. The molecule has 0 spiro atoms. The molecule has 0 amide bonds. The Hall–Kier alpha value is 0.210. The van der Waals surface area contributed by atoms with Crippen LogP contribution in [0.4, 0.5) is 0 Å². The average Bonchev–Trinajstić information content (AvgIpc) is 2.22. The Labute approximate surface area is 102 Å². The maximum atomic E-state index is 8.29. The standard InChI is InChI=1S/C6H15N.C6H14O.ClH/c1-4-7(5-2)6-3;1-2-3-4-5-6-7;/h4-6H2,1-3H3;7H,2-6H2,1H3;1H. The maximum absolute atomic E-state index is 8.29. The molecule has 0 unspecified atom stereocenters. The van der Waals surface area contributed by atoms with Crippen molar-refractivity contribution in [3.63, 3.8) is 0 Å². The fraction of sp³-hybridized carbons (Fsp3) is 1.00. The van der Waals surface area contributed by atoms with Crippen LogP contribution in [0.15, 0.2) is 0 Å². The molecule has 0 aromatic carbocycles. The molecule has 0 saturated carbocycles. The summed E-state index contributed by atoms with van der Waals surface area (Å²) in [6.45, 7) is 12.7. The van der Waals surface area contributed by atoms with E-state index in [1.165, 1.54) is 38.9 Å². The Balaban J connectivity index is -0.000000180. The largest absolute Gasteiger partial charge is 0.396 e. The summed E-state index contributed by atoms with van der Waals surface area (Å²) >= 11 is 0. The van der Waals surface area contributed by atoms with E-state index in [4.69, 9.17) is 5.11 Å². The third-order valence-electron chi connectivity index (χ3n) is 2.35. The third-order valence-corrected chi connectivity index (χ3v) is 2.35. The zero-order valence-electron chi connectivity index (χ0n) is 11.0. The lowest BCUT2D eigenvalue weighted by atomic mass is 10.2. The molecular formula is C12H30ClNO. The predicted molar refractivity (Wildman–Crippen MR) is 71.9 cm³/mol. The van der Waals surface area contributed by atoms with Crippen LogP contribution in [0.3, 0.4) is 0 Å². The van der Waals surface area contributed by atoms with Crippen LogP contribution in [0.5, 0.6) is 0 Å². The van der Waals surface area contributed by atoms with Gasteiger partial charge in [0.1, 0.15) is 0 Å². The highest BCUT2D eigenvalue weighted by atomic mass is 35.5. The van der Waals surface area contributed by atoms with Gasteiger partial charge in [-0.05, 0) is 26.1 Å². The number of halogens is 1. The molecule has 15 heavy (non-hydrogen) atoms. The molecule has 0 radical (unpaired) electrons. The molecule has 0 heterocycles. The van der Waals surface area contributed by atoms with Gasteiger partial charge >= 0.3 is 0 Å². The van der Waals surface area contributed by atoms with Crippen LogP contribution in [0.25, 0.3) is 0 Å². The lowest BCUT2D eigenvalue weighted by Crippen LogP contribution is -2.21. The van der Waals surface area contributed by atoms with Crippen molar-refractivity contribution >= 4 is 12.4 Å². The summed E-state index contributed by atoms with van der Waals surface area (Å²) in [7, 11) is 0. The highest BCUT2D eigenvalue weighted by Gasteiger charge is 1.89. The topological polar surface area (TPSA) is 23.5 Å². The normalized spacial score (nSPS) is 9.20. The summed E-state index contributed by atoms with van der Waals surface area (Å²) in [5.41, 5.74) is 0. The third kappa shape index (κ3) is 20.3. The lowest BCUT2D eigenvalue weighted by Gasteiger charge is -2.13. The van der Waals surface area contributed by atoms with Crippen molar-refractivity contribution in [3.05, 3.63) is 0 Å². The van der Waals surface area contributed by atoms with Gasteiger partial charge in [0.25, 0.3) is 0 Å². The Morgan fingerprint density at radius 1 is 0.800 bits per heavy atom. The number of hydrogen-bond donors (Lipinski definition) is 1. The van der Waals surface area contributed by atoms with Crippen LogP contribution >= 0.6 is 12.4 Å². The summed E-state index contributed by atoms with van der Waals surface area (Å²) < 4.78 is 0. The Kier molecular flexibility index (Phi) is 27.1. The molecule has 3 heteroatoms. The monoisotopic (exact) mass is 239 g/mol. The fourth-order valence-electron chi connectivity index (χ4n) is 1.21. The minimum atomic E-state index is 0. The van der Waals surface area contributed by atoms with E-state index in [1.807, 2.05) is 0 Å². The minimum Gasteiger partial charge on any atom is -0.396 e. The Morgan fingerprint density at radius 3 is 1.47 bits per heavy atom. The smallest absolute Gasteiger partial charge is 0.0431 e. The second-order valence-electron chi connectivity index (χ2n) is 3.40. The van der Waals surface area contributed by atoms with Crippen molar-refractivity contribution in [2.24, 2.45) is 0 Å². The van der Waals surface area contributed by atoms with Crippen molar-refractivity contribution in [2.45, 2.75) is 53.4 Å². The van der Waals surface area contributed by atoms with Crippen LogP contribution < -0.4 is 0 Å². The first-order valence-corrected chi connectivity index (χ1v) is 6.09. The zero-order valence-corrected chi connectivity index (χ0v) is 11.8. The van der Waals surface area contributed by atoms with Gasteiger partial charge in [-0.15, -0.1) is 12.4 Å². The highest BCUT2D eigenvalue weighted by Crippen LogP contribution is 1.96. The molecule has 0 bridgehead atoms. The van der Waals surface area contributed by atoms with Crippen molar-refractivity contribution in [3.8, 4) is 0 Å². The number of nitrogens with zero attached hydrogens (tertiary/aromatic N) is 1. The van der Waals surface area contributed by atoms with Crippen LogP contribution in [0, 0.1) is 0 Å². The summed E-state index contributed by atoms with van der Waals surface area (Å²) in [5, 5.41) is 8.29. The summed E-state index contributed by atoms with van der Waals surface area (Å²) in [6.07, 6.45) is 4.68. The number of rotatable bonds is 7. The quantitative estimate of drug-likeness (QED) is 0.689. The molecule has 1 N–H and O–H groups in total. The first kappa shape index (κ1) is 20.6. The van der Waals surface area contributed by atoms with Gasteiger partial charge in [0.05, 0.1) is 0 Å². The molecule has 0 aromatic rings. The molecule has 0 aliphatic heterocycles. The Morgan fingerprint density at radius 2 is 1.27 bits per heavy atom. The van der Waals surface area contributed by atoms with Crippen molar-refractivity contribution in [1.82, 2.24) is 4.90 Å². The Bertz CT molecular complexity index is 78.2.